The molecule has 0 bridgehead atoms. The first kappa shape index (κ1) is 24.2. The number of rotatable bonds is 4. The summed E-state index contributed by atoms with van der Waals surface area (Å²) in [6, 6.07) is 11.8. The third-order valence-corrected chi connectivity index (χ3v) is 7.74. The van der Waals surface area contributed by atoms with Crippen LogP contribution in [0, 0.1) is 0 Å². The second kappa shape index (κ2) is 9.29. The standard InChI is InChI=1S/C28H36N4O5/c1-28(2)36-25-19(13-17-5-7-23-21(15-17)31(3)9-11-34-23)29-27(33)30-20(26(25)37-28)14-18-6-8-24-22(16-18)32(4)10-12-35-24/h5-8,15-16,19-20,25-26H,9-14H2,1-4H3,(H2,29,30,33)/t19-,20-,25+,26+/m1/s1. The van der Waals surface area contributed by atoms with E-state index in [2.05, 4.69) is 58.8 Å². The van der Waals surface area contributed by atoms with Crippen LogP contribution in [-0.4, -0.2) is 76.5 Å². The lowest BCUT2D eigenvalue weighted by Crippen LogP contribution is -2.47. The highest BCUT2D eigenvalue weighted by Crippen LogP contribution is 2.37. The zero-order valence-corrected chi connectivity index (χ0v) is 22.0. The number of hydrogen-bond acceptors (Lipinski definition) is 7. The summed E-state index contributed by atoms with van der Waals surface area (Å²) in [5, 5.41) is 6.34. The number of fused-ring (bicyclic) bond motifs is 3. The highest BCUT2D eigenvalue weighted by molar-refractivity contribution is 5.75. The van der Waals surface area contributed by atoms with Gasteiger partial charge in [-0.25, -0.2) is 4.79 Å². The molecule has 198 valence electrons. The Hall–Kier alpha value is -3.17. The van der Waals surface area contributed by atoms with Crippen LogP contribution in [0.3, 0.4) is 0 Å². The molecule has 2 amide bonds. The van der Waals surface area contributed by atoms with Gasteiger partial charge in [-0.3, -0.25) is 0 Å². The second-order valence-corrected chi connectivity index (χ2v) is 10.9. The van der Waals surface area contributed by atoms with E-state index in [1.807, 2.05) is 26.0 Å². The molecule has 0 unspecified atom stereocenters. The fourth-order valence-corrected chi connectivity index (χ4v) is 5.87. The Morgan fingerprint density at radius 3 is 1.73 bits per heavy atom. The topological polar surface area (TPSA) is 84.5 Å². The summed E-state index contributed by atoms with van der Waals surface area (Å²) < 4.78 is 24.5. The first-order chi connectivity index (χ1) is 17.8. The van der Waals surface area contributed by atoms with Crippen LogP contribution in [0.4, 0.5) is 16.2 Å². The highest BCUT2D eigenvalue weighted by Gasteiger charge is 2.51. The van der Waals surface area contributed by atoms with E-state index in [-0.39, 0.29) is 30.3 Å². The van der Waals surface area contributed by atoms with Crippen LogP contribution in [0.25, 0.3) is 0 Å². The Balaban J connectivity index is 1.26. The van der Waals surface area contributed by atoms with Gasteiger partial charge >= 0.3 is 6.03 Å². The molecule has 9 nitrogen and oxygen atoms in total. The molecule has 37 heavy (non-hydrogen) atoms. The number of nitrogens with zero attached hydrogens (tertiary/aromatic N) is 2. The molecule has 2 N–H and O–H groups in total. The van der Waals surface area contributed by atoms with E-state index in [9.17, 15) is 4.79 Å². The van der Waals surface area contributed by atoms with Crippen LogP contribution in [0.5, 0.6) is 11.5 Å². The van der Waals surface area contributed by atoms with Crippen LogP contribution in [0.2, 0.25) is 0 Å². The molecular formula is C28H36N4O5. The maximum Gasteiger partial charge on any atom is 0.315 e. The van der Waals surface area contributed by atoms with Gasteiger partial charge in [0.1, 0.15) is 36.9 Å². The molecular weight excluding hydrogens is 472 g/mol. The first-order valence-electron chi connectivity index (χ1n) is 13.1. The summed E-state index contributed by atoms with van der Waals surface area (Å²) in [6.45, 7) is 6.95. The molecule has 0 spiro atoms. The normalized spacial score (nSPS) is 28.1. The molecule has 0 aromatic heterocycles. The predicted molar refractivity (Wildman–Crippen MR) is 141 cm³/mol. The van der Waals surface area contributed by atoms with Gasteiger partial charge in [0.25, 0.3) is 0 Å². The fraction of sp³-hybridized carbons (Fsp3) is 0.536. The maximum absolute atomic E-state index is 13.1. The number of benzene rings is 2. The van der Waals surface area contributed by atoms with Crippen LogP contribution in [-0.2, 0) is 22.3 Å². The molecule has 6 rings (SSSR count). The summed E-state index contributed by atoms with van der Waals surface area (Å²) in [4.78, 5) is 17.5. The van der Waals surface area contributed by atoms with Crippen molar-refractivity contribution in [3.05, 3.63) is 47.5 Å². The van der Waals surface area contributed by atoms with E-state index in [0.29, 0.717) is 26.1 Å². The third kappa shape index (κ3) is 4.78. The average Bonchev–Trinajstić information content (AvgIpc) is 3.14. The van der Waals surface area contributed by atoms with Gasteiger partial charge in [-0.1, -0.05) is 12.1 Å². The molecule has 2 aromatic rings. The Bertz CT molecular complexity index is 1100. The lowest BCUT2D eigenvalue weighted by Gasteiger charge is -2.30. The molecule has 2 saturated heterocycles. The first-order valence-corrected chi connectivity index (χ1v) is 13.1. The summed E-state index contributed by atoms with van der Waals surface area (Å²) in [7, 11) is 4.15. The van der Waals surface area contributed by atoms with Crippen molar-refractivity contribution in [2.45, 2.75) is 56.8 Å². The quantitative estimate of drug-likeness (QED) is 0.657. The monoisotopic (exact) mass is 508 g/mol. The predicted octanol–water partition coefficient (Wildman–Crippen LogP) is 2.70. The van der Waals surface area contributed by atoms with E-state index in [4.69, 9.17) is 18.9 Å². The van der Waals surface area contributed by atoms with E-state index in [1.165, 1.54) is 0 Å². The lowest BCUT2D eigenvalue weighted by molar-refractivity contribution is -0.150. The summed E-state index contributed by atoms with van der Waals surface area (Å²) in [5.74, 6) is 1.04. The van der Waals surface area contributed by atoms with Crippen LogP contribution < -0.4 is 29.9 Å². The van der Waals surface area contributed by atoms with E-state index < -0.39 is 5.79 Å². The SMILES string of the molecule is CN1CCOc2ccc(C[C@H]3NC(=O)N[C@H](Cc4ccc5c(c4)N(C)CCO5)[C@@H]4OC(C)(C)O[C@H]43)cc21. The number of amides is 2. The minimum absolute atomic E-state index is 0.203. The maximum atomic E-state index is 13.1. The third-order valence-electron chi connectivity index (χ3n) is 7.74. The van der Waals surface area contributed by atoms with Crippen LogP contribution >= 0.6 is 0 Å². The van der Waals surface area contributed by atoms with Crippen molar-refractivity contribution in [1.29, 1.82) is 0 Å². The van der Waals surface area contributed by atoms with Gasteiger partial charge in [-0.2, -0.15) is 0 Å². The van der Waals surface area contributed by atoms with Gasteiger partial charge in [-0.05, 0) is 62.1 Å². The number of nitrogens with one attached hydrogen (secondary N) is 2. The van der Waals surface area contributed by atoms with Gasteiger partial charge < -0.3 is 39.4 Å². The number of ether oxygens (including phenoxy) is 4. The van der Waals surface area contributed by atoms with E-state index in [1.54, 1.807) is 0 Å². The summed E-state index contributed by atoms with van der Waals surface area (Å²) in [5.41, 5.74) is 4.37. The fourth-order valence-electron chi connectivity index (χ4n) is 5.87. The number of carbonyl (C=O) groups is 1. The van der Waals surface area contributed by atoms with Gasteiger partial charge in [0, 0.05) is 14.1 Å². The number of likely N-dealkylation sites (N-methyl/N-ethyl adjacent to an activating group) is 2. The summed E-state index contributed by atoms with van der Waals surface area (Å²) >= 11 is 0. The molecule has 0 aliphatic carbocycles. The van der Waals surface area contributed by atoms with Gasteiger partial charge in [0.15, 0.2) is 5.79 Å². The second-order valence-electron chi connectivity index (χ2n) is 10.9. The molecule has 4 atom stereocenters. The number of anilines is 2. The largest absolute Gasteiger partial charge is 0.490 e. The molecule has 2 aromatic carbocycles. The Morgan fingerprint density at radius 2 is 1.27 bits per heavy atom. The highest BCUT2D eigenvalue weighted by atomic mass is 16.8. The molecule has 2 fully saturated rings. The number of hydrogen-bond donors (Lipinski definition) is 2. The average molecular weight is 509 g/mol. The minimum atomic E-state index is -0.747. The Labute approximate surface area is 218 Å². The summed E-state index contributed by atoms with van der Waals surface area (Å²) in [6.07, 6.45) is 0.659. The molecule has 4 aliphatic rings. The molecule has 9 heteroatoms. The van der Waals surface area contributed by atoms with Crippen molar-refractivity contribution >= 4 is 17.4 Å². The van der Waals surface area contributed by atoms with Crippen molar-refractivity contribution in [3.63, 3.8) is 0 Å². The van der Waals surface area contributed by atoms with Crippen molar-refractivity contribution in [2.75, 3.05) is 50.2 Å². The molecule has 0 saturated carbocycles. The smallest absolute Gasteiger partial charge is 0.315 e. The Kier molecular flexibility index (Phi) is 6.07. The van der Waals surface area contributed by atoms with Crippen LogP contribution in [0.15, 0.2) is 36.4 Å². The lowest BCUT2D eigenvalue weighted by atomic mass is 9.92. The zero-order valence-electron chi connectivity index (χ0n) is 22.0. The van der Waals surface area contributed by atoms with E-state index >= 15 is 0 Å². The van der Waals surface area contributed by atoms with Crippen LogP contribution in [0.1, 0.15) is 25.0 Å². The van der Waals surface area contributed by atoms with Crippen molar-refractivity contribution < 1.29 is 23.7 Å². The molecule has 4 aliphatic heterocycles. The minimum Gasteiger partial charge on any atom is -0.490 e. The van der Waals surface area contributed by atoms with Gasteiger partial charge in [-0.15, -0.1) is 0 Å². The van der Waals surface area contributed by atoms with E-state index in [0.717, 1.165) is 47.1 Å². The molecule has 0 radical (unpaired) electrons. The Morgan fingerprint density at radius 1 is 0.811 bits per heavy atom. The van der Waals surface area contributed by atoms with Gasteiger partial charge in [0.2, 0.25) is 0 Å². The number of urea groups is 1. The van der Waals surface area contributed by atoms with Crippen molar-refractivity contribution in [3.8, 4) is 11.5 Å². The number of carbonyl (C=O) groups excluding carboxylic acids is 1. The van der Waals surface area contributed by atoms with Gasteiger partial charge in [0.05, 0.1) is 36.5 Å². The van der Waals surface area contributed by atoms with Crippen molar-refractivity contribution in [1.82, 2.24) is 10.6 Å². The molecule has 4 heterocycles. The van der Waals surface area contributed by atoms with Crippen molar-refractivity contribution in [2.24, 2.45) is 0 Å². The zero-order chi connectivity index (χ0) is 25.7.